The van der Waals surface area contributed by atoms with Gasteiger partial charge in [0.15, 0.2) is 6.61 Å². The molecular weight excluding hydrogens is 571 g/mol. The maximum absolute atomic E-state index is 14.7. The van der Waals surface area contributed by atoms with E-state index in [-0.39, 0.29) is 18.1 Å². The number of nitrogen functional groups attached to an aromatic ring is 2. The number of benzene rings is 4. The zero-order valence-electron chi connectivity index (χ0n) is 22.5. The predicted molar refractivity (Wildman–Crippen MR) is 153 cm³/mol. The molecule has 0 aliphatic heterocycles. The molecule has 4 aromatic carbocycles. The fourth-order valence-electron chi connectivity index (χ4n) is 4.00. The summed E-state index contributed by atoms with van der Waals surface area (Å²) in [6, 6.07) is 19.8. The molecule has 0 saturated carbocycles. The van der Waals surface area contributed by atoms with Gasteiger partial charge in [-0.25, -0.2) is 4.79 Å². The summed E-state index contributed by atoms with van der Waals surface area (Å²) >= 11 is 0. The van der Waals surface area contributed by atoms with Crippen molar-refractivity contribution >= 4 is 23.4 Å². The monoisotopic (exact) mass is 597 g/mol. The van der Waals surface area contributed by atoms with Crippen LogP contribution in [-0.2, 0) is 22.2 Å². The van der Waals surface area contributed by atoms with Crippen LogP contribution in [0.15, 0.2) is 91.0 Å². The van der Waals surface area contributed by atoms with Gasteiger partial charge in [-0.15, -0.1) is 0 Å². The van der Waals surface area contributed by atoms with Crippen LogP contribution in [0.5, 0.6) is 11.5 Å². The van der Waals surface area contributed by atoms with Gasteiger partial charge in [0.25, 0.3) is 0 Å². The number of carbonyl (C=O) groups excluding carboxylic acids is 1. The van der Waals surface area contributed by atoms with E-state index in [0.717, 1.165) is 53.6 Å². The maximum Gasteiger partial charge on any atom is 0.426 e. The summed E-state index contributed by atoms with van der Waals surface area (Å²) in [6.45, 7) is 2.43. The molecule has 223 valence electrons. The highest BCUT2D eigenvalue weighted by atomic mass is 19.4. The number of carbonyl (C=O) groups is 1. The number of alkyl halides is 5. The number of anilines is 2. The first kappa shape index (κ1) is 30.9. The molecule has 4 aromatic rings. The fraction of sp³-hybridized carbons (Fsp3) is 0.125. The van der Waals surface area contributed by atoms with E-state index in [1.165, 1.54) is 18.2 Å². The number of ether oxygens (including phenoxy) is 3. The van der Waals surface area contributed by atoms with E-state index >= 15 is 0 Å². The third kappa shape index (κ3) is 8.71. The van der Waals surface area contributed by atoms with Gasteiger partial charge in [-0.2, -0.15) is 22.0 Å². The van der Waals surface area contributed by atoms with Gasteiger partial charge in [0.05, 0.1) is 5.56 Å². The molecular formula is C32H26F5N2O4. The highest BCUT2D eigenvalue weighted by Crippen LogP contribution is 2.33. The van der Waals surface area contributed by atoms with Gasteiger partial charge in [-0.05, 0) is 101 Å². The van der Waals surface area contributed by atoms with Crippen LogP contribution in [0.2, 0.25) is 0 Å². The molecule has 0 aliphatic rings. The lowest BCUT2D eigenvalue weighted by atomic mass is 9.95. The van der Waals surface area contributed by atoms with Crippen molar-refractivity contribution in [1.29, 1.82) is 0 Å². The van der Waals surface area contributed by atoms with Crippen LogP contribution in [0, 0.1) is 6.92 Å². The number of rotatable bonds is 10. The van der Waals surface area contributed by atoms with E-state index < -0.39 is 30.4 Å². The third-order valence-electron chi connectivity index (χ3n) is 6.05. The SMILES string of the molecule is [CH2]c1cc(N)ccc1-c1ccc(N)cc1COC(=O)/C=C/c1ccc(C(F)(F)Oc2ccc(OCC(F)(F)F)cc2)cc1. The summed E-state index contributed by atoms with van der Waals surface area (Å²) in [5.41, 5.74) is 15.7. The summed E-state index contributed by atoms with van der Waals surface area (Å²) in [6.07, 6.45) is -5.71. The molecule has 0 bridgehead atoms. The smallest absolute Gasteiger partial charge is 0.426 e. The van der Waals surface area contributed by atoms with Gasteiger partial charge >= 0.3 is 18.3 Å². The molecule has 0 amide bonds. The minimum absolute atomic E-state index is 0.0781. The van der Waals surface area contributed by atoms with Crippen LogP contribution in [0.1, 0.15) is 22.3 Å². The average molecular weight is 598 g/mol. The second kappa shape index (κ2) is 12.8. The number of hydrogen-bond donors (Lipinski definition) is 2. The first-order valence-corrected chi connectivity index (χ1v) is 12.7. The van der Waals surface area contributed by atoms with E-state index in [4.69, 9.17) is 20.9 Å². The van der Waals surface area contributed by atoms with Crippen LogP contribution in [0.3, 0.4) is 0 Å². The van der Waals surface area contributed by atoms with Gasteiger partial charge < -0.3 is 25.7 Å². The van der Waals surface area contributed by atoms with Crippen LogP contribution in [-0.4, -0.2) is 18.8 Å². The molecule has 0 fully saturated rings. The van der Waals surface area contributed by atoms with E-state index in [0.29, 0.717) is 28.1 Å². The first-order chi connectivity index (χ1) is 20.3. The van der Waals surface area contributed by atoms with Crippen molar-refractivity contribution in [2.45, 2.75) is 18.9 Å². The van der Waals surface area contributed by atoms with E-state index in [1.54, 1.807) is 30.3 Å². The summed E-state index contributed by atoms with van der Waals surface area (Å²) in [5.74, 6) is -1.09. The molecule has 0 unspecified atom stereocenters. The van der Waals surface area contributed by atoms with Gasteiger partial charge in [-0.1, -0.05) is 24.3 Å². The Morgan fingerprint density at radius 1 is 0.791 bits per heavy atom. The Balaban J connectivity index is 1.35. The average Bonchev–Trinajstić information content (AvgIpc) is 2.95. The third-order valence-corrected chi connectivity index (χ3v) is 6.05. The quantitative estimate of drug-likeness (QED) is 0.0849. The Bertz CT molecular complexity index is 1600. The summed E-state index contributed by atoms with van der Waals surface area (Å²) in [7, 11) is 0. The minimum Gasteiger partial charge on any atom is -0.484 e. The Labute approximate surface area is 244 Å². The first-order valence-electron chi connectivity index (χ1n) is 12.7. The zero-order chi connectivity index (χ0) is 31.2. The van der Waals surface area contributed by atoms with Crippen LogP contribution in [0.25, 0.3) is 17.2 Å². The summed E-state index contributed by atoms with van der Waals surface area (Å²) in [5, 5.41) is 0. The number of nitrogens with two attached hydrogens (primary N) is 2. The van der Waals surface area contributed by atoms with Crippen molar-refractivity contribution in [3.8, 4) is 22.6 Å². The van der Waals surface area contributed by atoms with Gasteiger partial charge in [0.1, 0.15) is 18.1 Å². The van der Waals surface area contributed by atoms with Crippen molar-refractivity contribution < 1.29 is 41.0 Å². The molecule has 11 heteroatoms. The van der Waals surface area contributed by atoms with Crippen LogP contribution in [0.4, 0.5) is 33.3 Å². The van der Waals surface area contributed by atoms with Crippen LogP contribution >= 0.6 is 0 Å². The van der Waals surface area contributed by atoms with Gasteiger partial charge in [0.2, 0.25) is 0 Å². The lowest BCUT2D eigenvalue weighted by Gasteiger charge is -2.18. The number of hydrogen-bond acceptors (Lipinski definition) is 6. The largest absolute Gasteiger partial charge is 0.484 e. The standard InChI is InChI=1S/C32H26F5N2O4/c1-20-16-24(38)7-13-28(20)29-14-8-25(39)17-22(29)18-41-30(40)15-4-21-2-5-23(6-3-21)32(36,37)43-27-11-9-26(10-12-27)42-19-31(33,34)35/h2-17H,1,18-19,38-39H2/b15-4+. The zero-order valence-corrected chi connectivity index (χ0v) is 22.5. The van der Waals surface area contributed by atoms with Gasteiger partial charge in [0, 0.05) is 17.5 Å². The van der Waals surface area contributed by atoms with Crippen molar-refractivity contribution in [3.63, 3.8) is 0 Å². The number of esters is 1. The molecule has 0 heterocycles. The number of halogens is 5. The molecule has 1 radical (unpaired) electrons. The van der Waals surface area contributed by atoms with Crippen LogP contribution < -0.4 is 20.9 Å². The molecule has 4 rings (SSSR count). The maximum atomic E-state index is 14.7. The predicted octanol–water partition coefficient (Wildman–Crippen LogP) is 7.53. The molecule has 43 heavy (non-hydrogen) atoms. The Hall–Kier alpha value is -5.06. The lowest BCUT2D eigenvalue weighted by Crippen LogP contribution is -2.22. The highest BCUT2D eigenvalue weighted by molar-refractivity contribution is 5.87. The Kier molecular flexibility index (Phi) is 9.23. The minimum atomic E-state index is -4.53. The molecule has 0 aliphatic carbocycles. The van der Waals surface area contributed by atoms with Crippen molar-refractivity contribution in [1.82, 2.24) is 0 Å². The molecule has 0 spiro atoms. The Morgan fingerprint density at radius 2 is 1.40 bits per heavy atom. The molecule has 0 aromatic heterocycles. The molecule has 0 saturated heterocycles. The fourth-order valence-corrected chi connectivity index (χ4v) is 4.00. The van der Waals surface area contributed by atoms with Crippen molar-refractivity contribution in [2.24, 2.45) is 0 Å². The molecule has 4 N–H and O–H groups in total. The van der Waals surface area contributed by atoms with E-state index in [9.17, 15) is 26.7 Å². The summed E-state index contributed by atoms with van der Waals surface area (Å²) in [4.78, 5) is 12.4. The lowest BCUT2D eigenvalue weighted by molar-refractivity contribution is -0.185. The topological polar surface area (TPSA) is 96.8 Å². The molecule has 0 atom stereocenters. The van der Waals surface area contributed by atoms with E-state index in [2.05, 4.69) is 11.7 Å². The highest BCUT2D eigenvalue weighted by Gasteiger charge is 2.34. The second-order valence-corrected chi connectivity index (χ2v) is 9.39. The van der Waals surface area contributed by atoms with Crippen molar-refractivity contribution in [3.05, 3.63) is 120 Å². The molecule has 6 nitrogen and oxygen atoms in total. The van der Waals surface area contributed by atoms with E-state index in [1.807, 2.05) is 6.07 Å². The Morgan fingerprint density at radius 3 is 2.02 bits per heavy atom. The van der Waals surface area contributed by atoms with Gasteiger partial charge in [-0.3, -0.25) is 0 Å². The second-order valence-electron chi connectivity index (χ2n) is 9.39. The van der Waals surface area contributed by atoms with Crippen molar-refractivity contribution in [2.75, 3.05) is 18.1 Å². The normalized spacial score (nSPS) is 11.9. The summed E-state index contributed by atoms with van der Waals surface area (Å²) < 4.78 is 80.8.